The molecule has 5 rings (SSSR count). The van der Waals surface area contributed by atoms with E-state index in [1.165, 1.54) is 29.5 Å². The van der Waals surface area contributed by atoms with Gasteiger partial charge in [-0.05, 0) is 55.7 Å². The first-order valence-corrected chi connectivity index (χ1v) is 12.7. The van der Waals surface area contributed by atoms with Crippen molar-refractivity contribution < 1.29 is 13.6 Å². The maximum Gasteiger partial charge on any atom is 0.228 e. The molecule has 1 saturated heterocycles. The van der Waals surface area contributed by atoms with Gasteiger partial charge in [0.2, 0.25) is 5.91 Å². The molecule has 0 bridgehead atoms. The molecule has 186 valence electrons. The summed E-state index contributed by atoms with van der Waals surface area (Å²) in [5.41, 5.74) is 2.43. The zero-order valence-corrected chi connectivity index (χ0v) is 21.1. The van der Waals surface area contributed by atoms with Crippen LogP contribution >= 0.6 is 23.7 Å². The van der Waals surface area contributed by atoms with Crippen LogP contribution < -0.4 is 9.80 Å². The van der Waals surface area contributed by atoms with Gasteiger partial charge in [0.1, 0.15) is 21.6 Å². The SMILES string of the molecule is Cl.O=C(CCN1CCN(c2ccc(F)cc2)CC1)N1CCCCc2nc(-c3ccccc3F)sc21. The van der Waals surface area contributed by atoms with Gasteiger partial charge in [-0.3, -0.25) is 9.69 Å². The number of anilines is 2. The van der Waals surface area contributed by atoms with Gasteiger partial charge in [-0.2, -0.15) is 0 Å². The van der Waals surface area contributed by atoms with Gasteiger partial charge in [-0.25, -0.2) is 13.8 Å². The first-order valence-electron chi connectivity index (χ1n) is 11.9. The molecule has 2 aromatic carbocycles. The summed E-state index contributed by atoms with van der Waals surface area (Å²) in [7, 11) is 0. The van der Waals surface area contributed by atoms with E-state index >= 15 is 0 Å². The Kier molecular flexibility index (Phi) is 8.36. The number of hydrogen-bond acceptors (Lipinski definition) is 5. The van der Waals surface area contributed by atoms with E-state index in [9.17, 15) is 13.6 Å². The molecule has 2 aliphatic heterocycles. The quantitative estimate of drug-likeness (QED) is 0.454. The maximum absolute atomic E-state index is 14.3. The first-order chi connectivity index (χ1) is 16.6. The first kappa shape index (κ1) is 25.5. The predicted octanol–water partition coefficient (Wildman–Crippen LogP) is 5.39. The Morgan fingerprint density at radius 1 is 0.943 bits per heavy atom. The monoisotopic (exact) mass is 518 g/mol. The fourth-order valence-corrected chi connectivity index (χ4v) is 5.82. The molecule has 0 atom stereocenters. The highest BCUT2D eigenvalue weighted by atomic mass is 35.5. The van der Waals surface area contributed by atoms with Gasteiger partial charge in [0.05, 0.1) is 5.69 Å². The van der Waals surface area contributed by atoms with Crippen molar-refractivity contribution in [2.75, 3.05) is 49.1 Å². The van der Waals surface area contributed by atoms with E-state index in [1.807, 2.05) is 23.1 Å². The van der Waals surface area contributed by atoms with Crippen molar-refractivity contribution in [2.45, 2.75) is 25.7 Å². The van der Waals surface area contributed by atoms with E-state index < -0.39 is 0 Å². The standard InChI is InChI=1S/C26H28F2N4OS.ClH/c27-19-8-10-20(11-9-19)31-17-15-30(16-18-31)14-12-24(33)32-13-4-3-7-23-26(32)34-25(29-23)21-5-1-2-6-22(21)28;/h1-2,5-6,8-11H,3-4,7,12-18H2;1H. The van der Waals surface area contributed by atoms with Gasteiger partial charge in [0.25, 0.3) is 0 Å². The molecular weight excluding hydrogens is 490 g/mol. The molecule has 1 fully saturated rings. The van der Waals surface area contributed by atoms with E-state index in [0.717, 1.165) is 61.8 Å². The highest BCUT2D eigenvalue weighted by Crippen LogP contribution is 2.38. The second kappa shape index (κ2) is 11.5. The van der Waals surface area contributed by atoms with E-state index in [-0.39, 0.29) is 29.9 Å². The molecule has 2 aliphatic rings. The maximum atomic E-state index is 14.3. The van der Waals surface area contributed by atoms with Crippen LogP contribution in [-0.2, 0) is 11.2 Å². The summed E-state index contributed by atoms with van der Waals surface area (Å²) in [6, 6.07) is 13.3. The van der Waals surface area contributed by atoms with Gasteiger partial charge >= 0.3 is 0 Å². The fourth-order valence-electron chi connectivity index (χ4n) is 4.64. The molecule has 0 spiro atoms. The number of benzene rings is 2. The number of carbonyl (C=O) groups is 1. The Morgan fingerprint density at radius 2 is 1.69 bits per heavy atom. The van der Waals surface area contributed by atoms with E-state index in [1.54, 1.807) is 12.1 Å². The molecule has 0 aliphatic carbocycles. The second-order valence-corrected chi connectivity index (χ2v) is 9.79. The second-order valence-electron chi connectivity index (χ2n) is 8.81. The van der Waals surface area contributed by atoms with Crippen molar-refractivity contribution in [3.63, 3.8) is 0 Å². The Balaban J connectivity index is 0.00000289. The van der Waals surface area contributed by atoms with E-state index in [4.69, 9.17) is 4.98 Å². The zero-order valence-electron chi connectivity index (χ0n) is 19.5. The van der Waals surface area contributed by atoms with Gasteiger partial charge < -0.3 is 9.80 Å². The number of halogens is 3. The molecule has 0 N–H and O–H groups in total. The van der Waals surface area contributed by atoms with Crippen LogP contribution in [0.15, 0.2) is 48.5 Å². The number of thiazole rings is 1. The van der Waals surface area contributed by atoms with Crippen LogP contribution in [0.25, 0.3) is 10.6 Å². The Hall–Kier alpha value is -2.55. The number of rotatable bonds is 5. The summed E-state index contributed by atoms with van der Waals surface area (Å²) < 4.78 is 27.5. The summed E-state index contributed by atoms with van der Waals surface area (Å²) in [4.78, 5) is 24.4. The van der Waals surface area contributed by atoms with Gasteiger partial charge in [0.15, 0.2) is 0 Å². The number of aromatic nitrogens is 1. The zero-order chi connectivity index (χ0) is 23.5. The lowest BCUT2D eigenvalue weighted by molar-refractivity contribution is -0.118. The van der Waals surface area contributed by atoms with Crippen LogP contribution in [0.5, 0.6) is 0 Å². The number of fused-ring (bicyclic) bond motifs is 1. The van der Waals surface area contributed by atoms with Crippen molar-refractivity contribution in [3.8, 4) is 10.6 Å². The van der Waals surface area contributed by atoms with Crippen LogP contribution in [0, 0.1) is 11.6 Å². The van der Waals surface area contributed by atoms with Gasteiger partial charge in [0, 0.05) is 56.9 Å². The number of aryl methyl sites for hydroxylation is 1. The minimum Gasteiger partial charge on any atom is -0.369 e. The minimum atomic E-state index is -0.288. The van der Waals surface area contributed by atoms with Crippen molar-refractivity contribution in [3.05, 3.63) is 65.9 Å². The summed E-state index contributed by atoms with van der Waals surface area (Å²) in [6.07, 6.45) is 3.18. The van der Waals surface area contributed by atoms with Gasteiger partial charge in [-0.1, -0.05) is 23.5 Å². The predicted molar refractivity (Wildman–Crippen MR) is 140 cm³/mol. The highest BCUT2D eigenvalue weighted by Gasteiger charge is 2.27. The van der Waals surface area contributed by atoms with Crippen LogP contribution in [-0.4, -0.2) is 55.1 Å². The molecular formula is C26H29ClF2N4OS. The highest BCUT2D eigenvalue weighted by molar-refractivity contribution is 7.19. The largest absolute Gasteiger partial charge is 0.369 e. The number of carbonyl (C=O) groups excluding carboxylic acids is 1. The summed E-state index contributed by atoms with van der Waals surface area (Å²) in [6.45, 7) is 4.84. The van der Waals surface area contributed by atoms with E-state index in [0.29, 0.717) is 30.1 Å². The van der Waals surface area contributed by atoms with Crippen molar-refractivity contribution in [2.24, 2.45) is 0 Å². The number of nitrogens with zero attached hydrogens (tertiary/aromatic N) is 4. The number of piperazine rings is 1. The third kappa shape index (κ3) is 5.82. The topological polar surface area (TPSA) is 39.7 Å². The normalized spacial score (nSPS) is 16.4. The molecule has 5 nitrogen and oxygen atoms in total. The van der Waals surface area contributed by atoms with Crippen molar-refractivity contribution in [1.29, 1.82) is 0 Å². The number of amides is 1. The van der Waals surface area contributed by atoms with Crippen molar-refractivity contribution >= 4 is 40.3 Å². The minimum absolute atomic E-state index is 0. The van der Waals surface area contributed by atoms with E-state index in [2.05, 4.69) is 9.80 Å². The molecule has 9 heteroatoms. The molecule has 1 amide bonds. The van der Waals surface area contributed by atoms with Crippen LogP contribution in [0.2, 0.25) is 0 Å². The van der Waals surface area contributed by atoms with Gasteiger partial charge in [-0.15, -0.1) is 12.4 Å². The summed E-state index contributed by atoms with van der Waals surface area (Å²) in [5, 5.41) is 1.52. The third-order valence-corrected chi connectivity index (χ3v) is 7.73. The van der Waals surface area contributed by atoms with Crippen molar-refractivity contribution in [1.82, 2.24) is 9.88 Å². The lowest BCUT2D eigenvalue weighted by atomic mass is 10.2. The Labute approximate surface area is 214 Å². The molecule has 0 unspecified atom stereocenters. The molecule has 0 saturated carbocycles. The molecule has 3 heterocycles. The molecule has 0 radical (unpaired) electrons. The fraction of sp³-hybridized carbons (Fsp3) is 0.385. The summed E-state index contributed by atoms with van der Waals surface area (Å²) >= 11 is 1.42. The van der Waals surface area contributed by atoms with Crippen LogP contribution in [0.1, 0.15) is 25.0 Å². The van der Waals surface area contributed by atoms with Crippen LogP contribution in [0.4, 0.5) is 19.5 Å². The Morgan fingerprint density at radius 3 is 2.43 bits per heavy atom. The molecule has 35 heavy (non-hydrogen) atoms. The third-order valence-electron chi connectivity index (χ3n) is 6.58. The summed E-state index contributed by atoms with van der Waals surface area (Å²) in [5.74, 6) is -0.406. The number of hydrogen-bond donors (Lipinski definition) is 0. The average molecular weight is 519 g/mol. The Bertz CT molecular complexity index is 1150. The lowest BCUT2D eigenvalue weighted by Crippen LogP contribution is -2.47. The van der Waals surface area contributed by atoms with Crippen LogP contribution in [0.3, 0.4) is 0 Å². The molecule has 1 aromatic heterocycles. The lowest BCUT2D eigenvalue weighted by Gasteiger charge is -2.36. The average Bonchev–Trinajstić information content (AvgIpc) is 3.17. The smallest absolute Gasteiger partial charge is 0.228 e. The molecule has 3 aromatic rings.